The van der Waals surface area contributed by atoms with Gasteiger partial charge in [-0.3, -0.25) is 0 Å². The second-order valence-corrected chi connectivity index (χ2v) is 5.91. The molecule has 0 spiro atoms. The van der Waals surface area contributed by atoms with Crippen molar-refractivity contribution in [1.82, 2.24) is 0 Å². The molecule has 0 heterocycles. The molecule has 0 unspecified atom stereocenters. The summed E-state index contributed by atoms with van der Waals surface area (Å²) in [7, 11) is 0. The Morgan fingerprint density at radius 1 is 1.13 bits per heavy atom. The van der Waals surface area contributed by atoms with Gasteiger partial charge in [-0.25, -0.2) is 13.5 Å². The molecule has 0 aliphatic rings. The summed E-state index contributed by atoms with van der Waals surface area (Å²) in [5, 5.41) is 12.2. The minimum Gasteiger partial charge on any atom is -0.623 e. The van der Waals surface area contributed by atoms with Gasteiger partial charge in [0.05, 0.1) is 12.2 Å². The van der Waals surface area contributed by atoms with Crippen LogP contribution in [0.15, 0.2) is 48.5 Å². The molecule has 0 saturated carbocycles. The number of hydroxylamine groups is 1. The van der Waals surface area contributed by atoms with Crippen molar-refractivity contribution in [2.45, 2.75) is 26.0 Å². The van der Waals surface area contributed by atoms with Crippen molar-refractivity contribution in [2.24, 2.45) is 0 Å². The van der Waals surface area contributed by atoms with Crippen molar-refractivity contribution in [3.63, 3.8) is 0 Å². The first-order valence-electron chi connectivity index (χ1n) is 7.26. The summed E-state index contributed by atoms with van der Waals surface area (Å²) in [6, 6.07) is 12.7. The molecule has 0 fully saturated rings. The molecule has 0 N–H and O–H groups in total. The van der Waals surface area contributed by atoms with Crippen LogP contribution in [0, 0.1) is 16.8 Å². The molecule has 0 amide bonds. The number of hydrogen-bond donors (Lipinski definition) is 0. The van der Waals surface area contributed by atoms with E-state index in [0.717, 1.165) is 23.9 Å². The molecule has 0 saturated heterocycles. The fourth-order valence-corrected chi connectivity index (χ4v) is 1.96. The second kappa shape index (κ2) is 7.33. The lowest BCUT2D eigenvalue weighted by molar-refractivity contribution is -0.541. The van der Waals surface area contributed by atoms with E-state index in [4.69, 9.17) is 4.74 Å². The third-order valence-corrected chi connectivity index (χ3v) is 3.38. The number of rotatable bonds is 6. The van der Waals surface area contributed by atoms with Gasteiger partial charge in [-0.1, -0.05) is 30.3 Å². The molecule has 0 aliphatic carbocycles. The first-order chi connectivity index (χ1) is 10.9. The Morgan fingerprint density at radius 2 is 1.83 bits per heavy atom. The van der Waals surface area contributed by atoms with Crippen molar-refractivity contribution in [3.05, 3.63) is 76.5 Å². The molecule has 122 valence electrons. The van der Waals surface area contributed by atoms with Crippen LogP contribution in [0.4, 0.5) is 8.78 Å². The zero-order chi connectivity index (χ0) is 16.9. The minimum atomic E-state index is -0.879. The zero-order valence-corrected chi connectivity index (χ0v) is 13.1. The maximum absolute atomic E-state index is 13.6. The highest BCUT2D eigenvalue weighted by Gasteiger charge is 2.27. The lowest BCUT2D eigenvalue weighted by Crippen LogP contribution is -2.38. The van der Waals surface area contributed by atoms with E-state index in [9.17, 15) is 14.0 Å². The van der Waals surface area contributed by atoms with Crippen LogP contribution in [0.3, 0.4) is 0 Å². The van der Waals surface area contributed by atoms with Gasteiger partial charge in [-0.2, -0.15) is 0 Å². The highest BCUT2D eigenvalue weighted by atomic mass is 19.1. The second-order valence-electron chi connectivity index (χ2n) is 5.91. The van der Waals surface area contributed by atoms with Crippen molar-refractivity contribution >= 4 is 6.21 Å². The summed E-state index contributed by atoms with van der Waals surface area (Å²) in [6.45, 7) is 3.96. The maximum atomic E-state index is 13.6. The molecule has 23 heavy (non-hydrogen) atoms. The van der Waals surface area contributed by atoms with Crippen LogP contribution in [-0.2, 0) is 11.3 Å². The first kappa shape index (κ1) is 17.1. The van der Waals surface area contributed by atoms with Crippen molar-refractivity contribution < 1.29 is 18.3 Å². The topological polar surface area (TPSA) is 35.3 Å². The van der Waals surface area contributed by atoms with E-state index in [2.05, 4.69) is 0 Å². The zero-order valence-electron chi connectivity index (χ0n) is 13.1. The van der Waals surface area contributed by atoms with E-state index >= 15 is 0 Å². The third kappa shape index (κ3) is 4.86. The summed E-state index contributed by atoms with van der Waals surface area (Å²) in [4.78, 5) is 0. The fourth-order valence-electron chi connectivity index (χ4n) is 1.96. The summed E-state index contributed by atoms with van der Waals surface area (Å²) in [6.07, 6.45) is 1.11. The summed E-state index contributed by atoms with van der Waals surface area (Å²) < 4.78 is 32.7. The average Bonchev–Trinajstić information content (AvgIpc) is 2.51. The number of ether oxygens (including phenoxy) is 1. The predicted molar refractivity (Wildman–Crippen MR) is 85.3 cm³/mol. The molecule has 0 atom stereocenters. The highest BCUT2D eigenvalue weighted by molar-refractivity contribution is 5.76. The van der Waals surface area contributed by atoms with Crippen molar-refractivity contribution in [1.29, 1.82) is 0 Å². The third-order valence-electron chi connectivity index (χ3n) is 3.38. The molecule has 3 nitrogen and oxygen atoms in total. The van der Waals surface area contributed by atoms with Crippen LogP contribution in [0.5, 0.6) is 0 Å². The standard InChI is InChI=1S/C18H19F2NO2/c1-18(2,13-23-12-14-6-4-3-5-7-14)21(22)11-15-8-9-16(19)10-17(15)20/h3-11H,12-13H2,1-2H3. The molecule has 2 aromatic rings. The van der Waals surface area contributed by atoms with E-state index in [1.807, 2.05) is 30.3 Å². The van der Waals surface area contributed by atoms with Gasteiger partial charge in [0, 0.05) is 19.9 Å². The van der Waals surface area contributed by atoms with E-state index < -0.39 is 17.2 Å². The molecular weight excluding hydrogens is 300 g/mol. The Labute approximate surface area is 134 Å². The SMILES string of the molecule is CC(C)(COCc1ccccc1)[N+]([O-])=Cc1ccc(F)cc1F. The van der Waals surface area contributed by atoms with Gasteiger partial charge >= 0.3 is 0 Å². The summed E-state index contributed by atoms with van der Waals surface area (Å²) in [5.74, 6) is -1.45. The van der Waals surface area contributed by atoms with Gasteiger partial charge in [0.15, 0.2) is 11.8 Å². The van der Waals surface area contributed by atoms with Gasteiger partial charge in [0.1, 0.15) is 18.2 Å². The highest BCUT2D eigenvalue weighted by Crippen LogP contribution is 2.13. The van der Waals surface area contributed by atoms with Crippen molar-refractivity contribution in [3.8, 4) is 0 Å². The van der Waals surface area contributed by atoms with Crippen LogP contribution in [0.2, 0.25) is 0 Å². The van der Waals surface area contributed by atoms with Crippen molar-refractivity contribution in [2.75, 3.05) is 6.61 Å². The molecule has 2 rings (SSSR count). The smallest absolute Gasteiger partial charge is 0.190 e. The summed E-state index contributed by atoms with van der Waals surface area (Å²) >= 11 is 0. The monoisotopic (exact) mass is 319 g/mol. The number of halogens is 2. The van der Waals surface area contributed by atoms with Crippen LogP contribution in [0.25, 0.3) is 0 Å². The van der Waals surface area contributed by atoms with E-state index in [0.29, 0.717) is 11.3 Å². The Kier molecular flexibility index (Phi) is 5.45. The number of nitrogens with zero attached hydrogens (tertiary/aromatic N) is 1. The number of benzene rings is 2. The van der Waals surface area contributed by atoms with Crippen LogP contribution < -0.4 is 0 Å². The average molecular weight is 319 g/mol. The molecular formula is C18H19F2NO2. The molecule has 2 aromatic carbocycles. The molecule has 0 bridgehead atoms. The maximum Gasteiger partial charge on any atom is 0.190 e. The quantitative estimate of drug-likeness (QED) is 0.350. The van der Waals surface area contributed by atoms with Gasteiger partial charge in [-0.05, 0) is 17.7 Å². The summed E-state index contributed by atoms with van der Waals surface area (Å²) in [5.41, 5.74) is 0.169. The normalized spacial score (nSPS) is 12.4. The first-order valence-corrected chi connectivity index (χ1v) is 7.26. The fraction of sp³-hybridized carbons (Fsp3) is 0.278. The van der Waals surface area contributed by atoms with Crippen LogP contribution in [-0.4, -0.2) is 23.1 Å². The molecule has 0 aliphatic heterocycles. The minimum absolute atomic E-state index is 0.0394. The van der Waals surface area contributed by atoms with E-state index in [1.54, 1.807) is 13.8 Å². The molecule has 0 radical (unpaired) electrons. The predicted octanol–water partition coefficient (Wildman–Crippen LogP) is 3.89. The largest absolute Gasteiger partial charge is 0.623 e. The van der Waals surface area contributed by atoms with Gasteiger partial charge < -0.3 is 9.94 Å². The molecule has 5 heteroatoms. The van der Waals surface area contributed by atoms with Gasteiger partial charge in [0.2, 0.25) is 0 Å². The Morgan fingerprint density at radius 3 is 2.48 bits per heavy atom. The van der Waals surface area contributed by atoms with Crippen LogP contribution in [0.1, 0.15) is 25.0 Å². The Bertz CT molecular complexity index is 685. The lowest BCUT2D eigenvalue weighted by atomic mass is 10.1. The molecule has 0 aromatic heterocycles. The van der Waals surface area contributed by atoms with E-state index in [1.165, 1.54) is 6.07 Å². The number of hydrogen-bond acceptors (Lipinski definition) is 2. The van der Waals surface area contributed by atoms with Crippen LogP contribution >= 0.6 is 0 Å². The van der Waals surface area contributed by atoms with Gasteiger partial charge in [-0.15, -0.1) is 0 Å². The van der Waals surface area contributed by atoms with E-state index in [-0.39, 0.29) is 12.2 Å². The van der Waals surface area contributed by atoms with Gasteiger partial charge in [0.25, 0.3) is 0 Å². The lowest BCUT2D eigenvalue weighted by Gasteiger charge is -2.24. The Hall–Kier alpha value is -2.27. The Balaban J connectivity index is 2.01.